The third kappa shape index (κ3) is 4.50. The molecule has 0 aliphatic rings. The van der Waals surface area contributed by atoms with Gasteiger partial charge in [-0.25, -0.2) is 0 Å². The Morgan fingerprint density at radius 1 is 0.552 bits per heavy atom. The molecule has 144 valence electrons. The molecular formula is C25H22N2O2. The van der Waals surface area contributed by atoms with Gasteiger partial charge in [0.25, 0.3) is 0 Å². The fourth-order valence-electron chi connectivity index (χ4n) is 3.08. The maximum absolute atomic E-state index is 5.97. The number of rotatable bonds is 5. The molecule has 0 fully saturated rings. The lowest BCUT2D eigenvalue weighted by Crippen LogP contribution is -1.91. The van der Waals surface area contributed by atoms with Gasteiger partial charge in [-0.2, -0.15) is 0 Å². The fraction of sp³-hybridized carbons (Fsp3) is 0.0400. The monoisotopic (exact) mass is 382 g/mol. The van der Waals surface area contributed by atoms with E-state index in [2.05, 4.69) is 6.07 Å². The number of nitrogen functional groups attached to an aromatic ring is 2. The highest BCUT2D eigenvalue weighted by molar-refractivity contribution is 5.66. The zero-order valence-electron chi connectivity index (χ0n) is 16.1. The topological polar surface area (TPSA) is 70.5 Å². The molecular weight excluding hydrogens is 360 g/mol. The Bertz CT molecular complexity index is 1140. The van der Waals surface area contributed by atoms with Crippen LogP contribution in [0, 0.1) is 6.92 Å². The third-order valence-electron chi connectivity index (χ3n) is 4.54. The number of hydrogen-bond donors (Lipinski definition) is 2. The Balaban J connectivity index is 1.50. The number of ether oxygens (including phenoxy) is 2. The molecule has 4 N–H and O–H groups in total. The Hall–Kier alpha value is -3.92. The average Bonchev–Trinajstić information content (AvgIpc) is 2.70. The second-order valence-electron chi connectivity index (χ2n) is 6.85. The van der Waals surface area contributed by atoms with Crippen LogP contribution in [-0.4, -0.2) is 0 Å². The number of nitrogens with two attached hydrogens (primary N) is 2. The van der Waals surface area contributed by atoms with E-state index in [1.165, 1.54) is 0 Å². The molecule has 0 saturated heterocycles. The Morgan fingerprint density at radius 2 is 1.14 bits per heavy atom. The molecule has 0 amide bonds. The summed E-state index contributed by atoms with van der Waals surface area (Å²) < 4.78 is 11.8. The van der Waals surface area contributed by atoms with Crippen molar-refractivity contribution in [1.82, 2.24) is 0 Å². The maximum atomic E-state index is 5.97. The summed E-state index contributed by atoms with van der Waals surface area (Å²) in [5, 5.41) is 0. The van der Waals surface area contributed by atoms with Gasteiger partial charge in [0, 0.05) is 23.5 Å². The van der Waals surface area contributed by atoms with Gasteiger partial charge in [0.2, 0.25) is 0 Å². The molecule has 0 atom stereocenters. The van der Waals surface area contributed by atoms with Gasteiger partial charge >= 0.3 is 0 Å². The van der Waals surface area contributed by atoms with Crippen molar-refractivity contribution in [3.05, 3.63) is 96.6 Å². The molecule has 29 heavy (non-hydrogen) atoms. The van der Waals surface area contributed by atoms with Crippen molar-refractivity contribution in [2.24, 2.45) is 0 Å². The SMILES string of the molecule is Cc1cc(-c2ccc(Oc3cccc(N)c3)cc2)ccc1Oc1cccc(N)c1. The van der Waals surface area contributed by atoms with Crippen LogP contribution in [0.4, 0.5) is 11.4 Å². The Kier molecular flexibility index (Phi) is 5.08. The standard InChI is InChI=1S/C25H22N2O2/c1-17-14-19(10-13-25(17)29-24-7-3-5-21(27)16-24)18-8-11-22(12-9-18)28-23-6-2-4-20(26)15-23/h2-16H,26-27H2,1H3. The van der Waals surface area contributed by atoms with Gasteiger partial charge in [0.15, 0.2) is 0 Å². The molecule has 0 heterocycles. The number of anilines is 2. The first kappa shape index (κ1) is 18.4. The van der Waals surface area contributed by atoms with Crippen molar-refractivity contribution >= 4 is 11.4 Å². The van der Waals surface area contributed by atoms with Crippen molar-refractivity contribution in [2.45, 2.75) is 6.92 Å². The Labute approximate surface area is 170 Å². The normalized spacial score (nSPS) is 10.5. The molecule has 4 aromatic carbocycles. The molecule has 0 aromatic heterocycles. The van der Waals surface area contributed by atoms with E-state index in [4.69, 9.17) is 20.9 Å². The second kappa shape index (κ2) is 7.98. The van der Waals surface area contributed by atoms with Crippen molar-refractivity contribution < 1.29 is 9.47 Å². The fourth-order valence-corrected chi connectivity index (χ4v) is 3.08. The van der Waals surface area contributed by atoms with Gasteiger partial charge in [-0.1, -0.05) is 30.3 Å². The zero-order chi connectivity index (χ0) is 20.2. The first-order chi connectivity index (χ1) is 14.1. The van der Waals surface area contributed by atoms with Gasteiger partial charge in [-0.15, -0.1) is 0 Å². The third-order valence-corrected chi connectivity index (χ3v) is 4.54. The molecule has 0 aliphatic heterocycles. The molecule has 0 saturated carbocycles. The average molecular weight is 382 g/mol. The number of benzene rings is 4. The van der Waals surface area contributed by atoms with Crippen molar-refractivity contribution in [1.29, 1.82) is 0 Å². The van der Waals surface area contributed by atoms with E-state index >= 15 is 0 Å². The second-order valence-corrected chi connectivity index (χ2v) is 6.85. The minimum absolute atomic E-state index is 0.676. The minimum Gasteiger partial charge on any atom is -0.457 e. The van der Waals surface area contributed by atoms with Crippen LogP contribution in [0.3, 0.4) is 0 Å². The van der Waals surface area contributed by atoms with Gasteiger partial charge in [0.05, 0.1) is 0 Å². The highest BCUT2D eigenvalue weighted by atomic mass is 16.5. The van der Waals surface area contributed by atoms with Gasteiger partial charge in [-0.3, -0.25) is 0 Å². The summed E-state index contributed by atoms with van der Waals surface area (Å²) in [5.41, 5.74) is 16.2. The molecule has 4 rings (SSSR count). The maximum Gasteiger partial charge on any atom is 0.130 e. The molecule has 0 aliphatic carbocycles. The number of hydrogen-bond acceptors (Lipinski definition) is 4. The van der Waals surface area contributed by atoms with Gasteiger partial charge < -0.3 is 20.9 Å². The molecule has 4 heteroatoms. The molecule has 0 bridgehead atoms. The molecule has 4 aromatic rings. The molecule has 4 nitrogen and oxygen atoms in total. The summed E-state index contributed by atoms with van der Waals surface area (Å²) >= 11 is 0. The zero-order valence-corrected chi connectivity index (χ0v) is 16.1. The van der Waals surface area contributed by atoms with E-state index in [0.717, 1.165) is 39.7 Å². The molecule has 0 unspecified atom stereocenters. The van der Waals surface area contributed by atoms with Crippen molar-refractivity contribution in [3.63, 3.8) is 0 Å². The number of aryl methyl sites for hydroxylation is 1. The van der Waals surface area contributed by atoms with Gasteiger partial charge in [-0.05, 0) is 72.1 Å². The minimum atomic E-state index is 0.676. The summed E-state index contributed by atoms with van der Waals surface area (Å²) in [5.74, 6) is 3.01. The van der Waals surface area contributed by atoms with Crippen LogP contribution in [0.25, 0.3) is 11.1 Å². The predicted molar refractivity (Wildman–Crippen MR) is 118 cm³/mol. The van der Waals surface area contributed by atoms with Crippen LogP contribution >= 0.6 is 0 Å². The van der Waals surface area contributed by atoms with Crippen molar-refractivity contribution in [2.75, 3.05) is 11.5 Å². The first-order valence-electron chi connectivity index (χ1n) is 9.35. The van der Waals surface area contributed by atoms with E-state index < -0.39 is 0 Å². The lowest BCUT2D eigenvalue weighted by atomic mass is 10.0. The quantitative estimate of drug-likeness (QED) is 0.391. The van der Waals surface area contributed by atoms with E-state index in [9.17, 15) is 0 Å². The predicted octanol–water partition coefficient (Wildman–Crippen LogP) is 6.41. The Morgan fingerprint density at radius 3 is 1.72 bits per heavy atom. The largest absolute Gasteiger partial charge is 0.457 e. The van der Waals surface area contributed by atoms with E-state index in [-0.39, 0.29) is 0 Å². The van der Waals surface area contributed by atoms with Crippen LogP contribution in [0.2, 0.25) is 0 Å². The highest BCUT2D eigenvalue weighted by Gasteiger charge is 2.06. The van der Waals surface area contributed by atoms with Crippen LogP contribution in [0.5, 0.6) is 23.0 Å². The summed E-state index contributed by atoms with van der Waals surface area (Å²) in [6, 6.07) is 28.9. The lowest BCUT2D eigenvalue weighted by molar-refractivity contribution is 0.479. The highest BCUT2D eigenvalue weighted by Crippen LogP contribution is 2.31. The summed E-state index contributed by atoms with van der Waals surface area (Å²) in [7, 11) is 0. The van der Waals surface area contributed by atoms with E-state index in [1.807, 2.05) is 85.8 Å². The first-order valence-corrected chi connectivity index (χ1v) is 9.35. The van der Waals surface area contributed by atoms with Crippen LogP contribution in [0.15, 0.2) is 91.0 Å². The molecule has 0 spiro atoms. The van der Waals surface area contributed by atoms with E-state index in [0.29, 0.717) is 11.4 Å². The smallest absolute Gasteiger partial charge is 0.130 e. The summed E-state index contributed by atoms with van der Waals surface area (Å²) in [4.78, 5) is 0. The summed E-state index contributed by atoms with van der Waals surface area (Å²) in [6.07, 6.45) is 0. The van der Waals surface area contributed by atoms with Gasteiger partial charge in [0.1, 0.15) is 23.0 Å². The van der Waals surface area contributed by atoms with Crippen LogP contribution < -0.4 is 20.9 Å². The van der Waals surface area contributed by atoms with Crippen LogP contribution in [0.1, 0.15) is 5.56 Å². The summed E-state index contributed by atoms with van der Waals surface area (Å²) in [6.45, 7) is 2.03. The molecule has 0 radical (unpaired) electrons. The van der Waals surface area contributed by atoms with E-state index in [1.54, 1.807) is 6.07 Å². The van der Waals surface area contributed by atoms with Crippen molar-refractivity contribution in [3.8, 4) is 34.1 Å². The van der Waals surface area contributed by atoms with Crippen LogP contribution in [-0.2, 0) is 0 Å². The lowest BCUT2D eigenvalue weighted by Gasteiger charge is -2.12.